The molecule has 3 unspecified atom stereocenters. The smallest absolute Gasteiger partial charge is 0.319 e. The maximum atomic E-state index is 12.7. The van der Waals surface area contributed by atoms with Crippen molar-refractivity contribution in [3.63, 3.8) is 0 Å². The molecular formula is C19H24N2O5. The number of nitrogens with one attached hydrogen (secondary N) is 2. The highest BCUT2D eigenvalue weighted by Gasteiger charge is 2.39. The van der Waals surface area contributed by atoms with E-state index in [1.54, 1.807) is 0 Å². The van der Waals surface area contributed by atoms with Gasteiger partial charge in [0.05, 0.1) is 18.8 Å². The Kier molecular flexibility index (Phi) is 5.78. The van der Waals surface area contributed by atoms with E-state index in [1.165, 1.54) is 0 Å². The molecule has 2 saturated heterocycles. The van der Waals surface area contributed by atoms with Gasteiger partial charge >= 0.3 is 12.0 Å². The van der Waals surface area contributed by atoms with E-state index in [9.17, 15) is 9.59 Å². The van der Waals surface area contributed by atoms with Crippen molar-refractivity contribution in [2.45, 2.75) is 31.9 Å². The first-order chi connectivity index (χ1) is 12.6. The zero-order valence-corrected chi connectivity index (χ0v) is 14.8. The van der Waals surface area contributed by atoms with Crippen molar-refractivity contribution in [1.29, 1.82) is 0 Å². The number of carbonyl (C=O) groups excluding carboxylic acids is 2. The summed E-state index contributed by atoms with van der Waals surface area (Å²) in [4.78, 5) is 24.6. The maximum Gasteiger partial charge on any atom is 0.319 e. The highest BCUT2D eigenvalue weighted by Crippen LogP contribution is 2.32. The van der Waals surface area contributed by atoms with Crippen LogP contribution in [0.15, 0.2) is 36.5 Å². The number of ether oxygens (including phenoxy) is 3. The summed E-state index contributed by atoms with van der Waals surface area (Å²) in [6, 6.07) is 6.33. The predicted octanol–water partition coefficient (Wildman–Crippen LogP) is 2.29. The van der Waals surface area contributed by atoms with Gasteiger partial charge in [0.1, 0.15) is 18.3 Å². The van der Waals surface area contributed by atoms with Crippen molar-refractivity contribution < 1.29 is 23.8 Å². The molecule has 3 rings (SSSR count). The number of benzene rings is 1. The van der Waals surface area contributed by atoms with E-state index >= 15 is 0 Å². The summed E-state index contributed by atoms with van der Waals surface area (Å²) >= 11 is 0. The van der Waals surface area contributed by atoms with Gasteiger partial charge in [-0.15, -0.1) is 0 Å². The second-order valence-electron chi connectivity index (χ2n) is 6.35. The second-order valence-corrected chi connectivity index (χ2v) is 6.35. The lowest BCUT2D eigenvalue weighted by molar-refractivity contribution is -0.151. The Hall–Kier alpha value is -2.54. The molecule has 0 spiro atoms. The van der Waals surface area contributed by atoms with Crippen LogP contribution in [0.3, 0.4) is 0 Å². The summed E-state index contributed by atoms with van der Waals surface area (Å²) < 4.78 is 16.5. The molecule has 1 aromatic carbocycles. The SMILES string of the molecule is C=C1NC(=O)NC(c2cccc(OCC)c2)C1C(=O)OCC1CCCO1. The molecule has 1 aromatic rings. The molecule has 0 saturated carbocycles. The van der Waals surface area contributed by atoms with Gasteiger partial charge in [-0.2, -0.15) is 0 Å². The van der Waals surface area contributed by atoms with Crippen molar-refractivity contribution in [1.82, 2.24) is 10.6 Å². The molecule has 0 aliphatic carbocycles. The fraction of sp³-hybridized carbons (Fsp3) is 0.474. The number of rotatable bonds is 6. The fourth-order valence-electron chi connectivity index (χ4n) is 3.24. The minimum absolute atomic E-state index is 0.0573. The van der Waals surface area contributed by atoms with Crippen LogP contribution in [0.2, 0.25) is 0 Å². The molecule has 140 valence electrons. The van der Waals surface area contributed by atoms with Crippen LogP contribution < -0.4 is 15.4 Å². The van der Waals surface area contributed by atoms with Crippen LogP contribution in [0.5, 0.6) is 5.75 Å². The van der Waals surface area contributed by atoms with Gasteiger partial charge < -0.3 is 24.8 Å². The molecule has 2 amide bonds. The number of carbonyl (C=O) groups is 2. The molecule has 2 fully saturated rings. The van der Waals surface area contributed by atoms with Crippen molar-refractivity contribution in [3.8, 4) is 5.75 Å². The summed E-state index contributed by atoms with van der Waals surface area (Å²) in [5, 5.41) is 5.36. The first kappa shape index (κ1) is 18.3. The normalized spacial score (nSPS) is 25.3. The summed E-state index contributed by atoms with van der Waals surface area (Å²) in [6.45, 7) is 7.18. The molecule has 2 heterocycles. The van der Waals surface area contributed by atoms with Crippen molar-refractivity contribution in [2.24, 2.45) is 5.92 Å². The van der Waals surface area contributed by atoms with Crippen LogP contribution in [0.25, 0.3) is 0 Å². The summed E-state index contributed by atoms with van der Waals surface area (Å²) in [5.74, 6) is -0.495. The predicted molar refractivity (Wildman–Crippen MR) is 94.6 cm³/mol. The van der Waals surface area contributed by atoms with Gasteiger partial charge in [0.25, 0.3) is 0 Å². The Balaban J connectivity index is 1.77. The van der Waals surface area contributed by atoms with Gasteiger partial charge in [-0.1, -0.05) is 18.7 Å². The van der Waals surface area contributed by atoms with Gasteiger partial charge in [-0.05, 0) is 37.5 Å². The quantitative estimate of drug-likeness (QED) is 0.760. The average Bonchev–Trinajstić information content (AvgIpc) is 3.13. The monoisotopic (exact) mass is 360 g/mol. The third kappa shape index (κ3) is 4.16. The number of hydrogen-bond acceptors (Lipinski definition) is 5. The van der Waals surface area contributed by atoms with Crippen molar-refractivity contribution >= 4 is 12.0 Å². The van der Waals surface area contributed by atoms with Gasteiger partial charge in [0, 0.05) is 12.3 Å². The first-order valence-electron chi connectivity index (χ1n) is 8.85. The third-order valence-electron chi connectivity index (χ3n) is 4.49. The van der Waals surface area contributed by atoms with E-state index in [4.69, 9.17) is 14.2 Å². The Bertz CT molecular complexity index is 684. The fourth-order valence-corrected chi connectivity index (χ4v) is 3.24. The minimum Gasteiger partial charge on any atom is -0.494 e. The molecular weight excluding hydrogens is 336 g/mol. The van der Waals surface area contributed by atoms with Crippen molar-refractivity contribution in [2.75, 3.05) is 19.8 Å². The van der Waals surface area contributed by atoms with E-state index in [2.05, 4.69) is 17.2 Å². The Morgan fingerprint density at radius 3 is 3.00 bits per heavy atom. The number of urea groups is 1. The molecule has 2 N–H and O–H groups in total. The molecule has 2 aliphatic heterocycles. The molecule has 7 heteroatoms. The maximum absolute atomic E-state index is 12.7. The van der Waals surface area contributed by atoms with E-state index in [1.807, 2.05) is 31.2 Å². The Labute approximate surface area is 152 Å². The molecule has 26 heavy (non-hydrogen) atoms. The highest BCUT2D eigenvalue weighted by molar-refractivity contribution is 5.85. The lowest BCUT2D eigenvalue weighted by Gasteiger charge is -2.33. The first-order valence-corrected chi connectivity index (χ1v) is 8.85. The average molecular weight is 360 g/mol. The van der Waals surface area contributed by atoms with Gasteiger partial charge in [0.15, 0.2) is 0 Å². The van der Waals surface area contributed by atoms with E-state index < -0.39 is 24.0 Å². The Morgan fingerprint density at radius 1 is 1.42 bits per heavy atom. The van der Waals surface area contributed by atoms with E-state index in [0.717, 1.165) is 18.4 Å². The summed E-state index contributed by atoms with van der Waals surface area (Å²) in [7, 11) is 0. The molecule has 0 bridgehead atoms. The molecule has 7 nitrogen and oxygen atoms in total. The lowest BCUT2D eigenvalue weighted by atomic mass is 9.89. The van der Waals surface area contributed by atoms with Crippen LogP contribution in [-0.4, -0.2) is 37.9 Å². The zero-order chi connectivity index (χ0) is 18.5. The third-order valence-corrected chi connectivity index (χ3v) is 4.49. The molecule has 0 radical (unpaired) electrons. The Morgan fingerprint density at radius 2 is 2.27 bits per heavy atom. The lowest BCUT2D eigenvalue weighted by Crippen LogP contribution is -2.51. The number of esters is 1. The standard InChI is InChI=1S/C19H24N2O5/c1-3-24-14-7-4-6-13(10-14)17-16(12(2)20-19(23)21-17)18(22)26-11-15-8-5-9-25-15/h4,6-7,10,15-17H,2-3,5,8-9,11H2,1H3,(H2,20,21,23). The molecule has 3 atom stereocenters. The highest BCUT2D eigenvalue weighted by atomic mass is 16.6. The van der Waals surface area contributed by atoms with Crippen LogP contribution in [0.4, 0.5) is 4.79 Å². The van der Waals surface area contributed by atoms with Crippen LogP contribution in [0, 0.1) is 5.92 Å². The van der Waals surface area contributed by atoms with E-state index in [-0.39, 0.29) is 12.7 Å². The summed E-state index contributed by atoms with van der Waals surface area (Å²) in [5.41, 5.74) is 1.07. The topological polar surface area (TPSA) is 85.9 Å². The minimum atomic E-state index is -0.731. The van der Waals surface area contributed by atoms with Gasteiger partial charge in [0.2, 0.25) is 0 Å². The van der Waals surface area contributed by atoms with E-state index in [0.29, 0.717) is 24.7 Å². The number of hydrogen-bond donors (Lipinski definition) is 2. The molecule has 0 aromatic heterocycles. The van der Waals surface area contributed by atoms with Crippen LogP contribution in [0.1, 0.15) is 31.4 Å². The van der Waals surface area contributed by atoms with Gasteiger partial charge in [-0.25, -0.2) is 4.79 Å². The number of amides is 2. The largest absolute Gasteiger partial charge is 0.494 e. The second kappa shape index (κ2) is 8.23. The van der Waals surface area contributed by atoms with Crippen molar-refractivity contribution in [3.05, 3.63) is 42.1 Å². The van der Waals surface area contributed by atoms with Gasteiger partial charge in [-0.3, -0.25) is 4.79 Å². The van der Waals surface area contributed by atoms with Crippen LogP contribution in [-0.2, 0) is 14.3 Å². The van der Waals surface area contributed by atoms with Crippen LogP contribution >= 0.6 is 0 Å². The summed E-state index contributed by atoms with van der Waals surface area (Å²) in [6.07, 6.45) is 1.80. The molecule has 2 aliphatic rings. The zero-order valence-electron chi connectivity index (χ0n) is 14.8.